The standard InChI is InChI=1S/C19H29N/c1-4-20-19(16-10-9-13(2)14(3)11-16)18-12-15-7-5-6-8-17(15)18/h5-8,13-14,16,18-20H,4,9-12H2,1-3H3. The zero-order valence-electron chi connectivity index (χ0n) is 13.2. The quantitative estimate of drug-likeness (QED) is 0.857. The van der Waals surface area contributed by atoms with E-state index in [9.17, 15) is 0 Å². The maximum atomic E-state index is 3.83. The molecule has 1 saturated carbocycles. The first-order chi connectivity index (χ1) is 9.70. The smallest absolute Gasteiger partial charge is 0.0167 e. The normalized spacial score (nSPS) is 34.1. The van der Waals surface area contributed by atoms with Crippen LogP contribution in [0.1, 0.15) is 57.1 Å². The molecule has 3 rings (SSSR count). The molecule has 0 bridgehead atoms. The Bertz CT molecular complexity index is 453. The third-order valence-corrected chi connectivity index (χ3v) is 5.91. The van der Waals surface area contributed by atoms with E-state index in [1.807, 2.05) is 0 Å². The van der Waals surface area contributed by atoms with Gasteiger partial charge in [-0.25, -0.2) is 0 Å². The first kappa shape index (κ1) is 14.1. The Morgan fingerprint density at radius 1 is 1.15 bits per heavy atom. The molecular formula is C19H29N. The molecule has 20 heavy (non-hydrogen) atoms. The summed E-state index contributed by atoms with van der Waals surface area (Å²) in [6.45, 7) is 8.24. The number of nitrogens with one attached hydrogen (secondary N) is 1. The van der Waals surface area contributed by atoms with Crippen molar-refractivity contribution in [3.63, 3.8) is 0 Å². The minimum Gasteiger partial charge on any atom is -0.313 e. The molecule has 0 amide bonds. The van der Waals surface area contributed by atoms with Gasteiger partial charge in [0.05, 0.1) is 0 Å². The maximum Gasteiger partial charge on any atom is 0.0167 e. The minimum atomic E-state index is 0.699. The highest BCUT2D eigenvalue weighted by Gasteiger charge is 2.38. The second-order valence-corrected chi connectivity index (χ2v) is 7.12. The van der Waals surface area contributed by atoms with Gasteiger partial charge in [0.1, 0.15) is 0 Å². The minimum absolute atomic E-state index is 0.699. The van der Waals surface area contributed by atoms with Gasteiger partial charge in [0.2, 0.25) is 0 Å². The Morgan fingerprint density at radius 2 is 1.95 bits per heavy atom. The lowest BCUT2D eigenvalue weighted by atomic mass is 9.65. The molecule has 1 aromatic rings. The van der Waals surface area contributed by atoms with Gasteiger partial charge < -0.3 is 5.32 Å². The zero-order valence-corrected chi connectivity index (χ0v) is 13.2. The van der Waals surface area contributed by atoms with Crippen molar-refractivity contribution in [1.29, 1.82) is 0 Å². The number of fused-ring (bicyclic) bond motifs is 1. The monoisotopic (exact) mass is 271 g/mol. The highest BCUT2D eigenvalue weighted by molar-refractivity contribution is 5.41. The van der Waals surface area contributed by atoms with E-state index in [1.165, 1.54) is 25.7 Å². The Kier molecular flexibility index (Phi) is 4.16. The molecule has 5 atom stereocenters. The first-order valence-corrected chi connectivity index (χ1v) is 8.51. The largest absolute Gasteiger partial charge is 0.313 e. The van der Waals surface area contributed by atoms with Crippen molar-refractivity contribution in [3.8, 4) is 0 Å². The van der Waals surface area contributed by atoms with Crippen molar-refractivity contribution in [2.24, 2.45) is 17.8 Å². The van der Waals surface area contributed by atoms with E-state index in [-0.39, 0.29) is 0 Å². The molecule has 0 saturated heterocycles. The van der Waals surface area contributed by atoms with E-state index in [2.05, 4.69) is 50.4 Å². The van der Waals surface area contributed by atoms with Crippen LogP contribution in [0.2, 0.25) is 0 Å². The SMILES string of the molecule is CCNC(C1CCC(C)C(C)C1)C1Cc2ccccc21. The summed E-state index contributed by atoms with van der Waals surface area (Å²) in [4.78, 5) is 0. The molecule has 0 aliphatic heterocycles. The molecule has 1 fully saturated rings. The van der Waals surface area contributed by atoms with Crippen molar-refractivity contribution < 1.29 is 0 Å². The number of benzene rings is 1. The van der Waals surface area contributed by atoms with Gasteiger partial charge in [0.15, 0.2) is 0 Å². The molecule has 2 aliphatic carbocycles. The van der Waals surface area contributed by atoms with Gasteiger partial charge in [-0.15, -0.1) is 0 Å². The van der Waals surface area contributed by atoms with Crippen molar-refractivity contribution in [1.82, 2.24) is 5.32 Å². The molecule has 0 spiro atoms. The maximum absolute atomic E-state index is 3.83. The summed E-state index contributed by atoms with van der Waals surface area (Å²) in [5.41, 5.74) is 3.20. The van der Waals surface area contributed by atoms with E-state index < -0.39 is 0 Å². The Morgan fingerprint density at radius 3 is 2.65 bits per heavy atom. The summed E-state index contributed by atoms with van der Waals surface area (Å²) in [6.07, 6.45) is 5.54. The van der Waals surface area contributed by atoms with Crippen molar-refractivity contribution in [2.75, 3.05) is 6.54 Å². The van der Waals surface area contributed by atoms with Gasteiger partial charge in [-0.05, 0) is 54.7 Å². The number of hydrogen-bond acceptors (Lipinski definition) is 1. The van der Waals surface area contributed by atoms with Crippen LogP contribution in [-0.4, -0.2) is 12.6 Å². The molecule has 0 aromatic heterocycles. The Hall–Kier alpha value is -0.820. The van der Waals surface area contributed by atoms with E-state index in [4.69, 9.17) is 0 Å². The fourth-order valence-corrected chi connectivity index (χ4v) is 4.41. The topological polar surface area (TPSA) is 12.0 Å². The molecule has 5 unspecified atom stereocenters. The average Bonchev–Trinajstić information content (AvgIpc) is 2.42. The summed E-state index contributed by atoms with van der Waals surface area (Å²) in [6, 6.07) is 9.74. The fraction of sp³-hybridized carbons (Fsp3) is 0.684. The van der Waals surface area contributed by atoms with E-state index >= 15 is 0 Å². The van der Waals surface area contributed by atoms with Crippen LogP contribution < -0.4 is 5.32 Å². The van der Waals surface area contributed by atoms with Crippen LogP contribution in [0.15, 0.2) is 24.3 Å². The lowest BCUT2D eigenvalue weighted by molar-refractivity contribution is 0.153. The molecule has 110 valence electrons. The van der Waals surface area contributed by atoms with Gasteiger partial charge >= 0.3 is 0 Å². The van der Waals surface area contributed by atoms with Crippen molar-refractivity contribution in [3.05, 3.63) is 35.4 Å². The molecule has 1 heteroatoms. The third-order valence-electron chi connectivity index (χ3n) is 5.91. The predicted octanol–water partition coefficient (Wildman–Crippen LogP) is 4.38. The van der Waals surface area contributed by atoms with Crippen LogP contribution in [0.4, 0.5) is 0 Å². The Balaban J connectivity index is 1.74. The highest BCUT2D eigenvalue weighted by Crippen LogP contribution is 2.44. The fourth-order valence-electron chi connectivity index (χ4n) is 4.41. The molecule has 1 N–H and O–H groups in total. The van der Waals surface area contributed by atoms with Gasteiger partial charge in [-0.3, -0.25) is 0 Å². The van der Waals surface area contributed by atoms with Gasteiger partial charge in [0.25, 0.3) is 0 Å². The van der Waals surface area contributed by atoms with Crippen molar-refractivity contribution >= 4 is 0 Å². The number of rotatable bonds is 4. The molecular weight excluding hydrogens is 242 g/mol. The Labute approximate surface area is 124 Å². The van der Waals surface area contributed by atoms with E-state index in [1.54, 1.807) is 11.1 Å². The third kappa shape index (κ3) is 2.53. The van der Waals surface area contributed by atoms with Gasteiger partial charge in [-0.1, -0.05) is 51.5 Å². The van der Waals surface area contributed by atoms with Gasteiger partial charge in [-0.2, -0.15) is 0 Å². The van der Waals surface area contributed by atoms with Crippen LogP contribution in [0.5, 0.6) is 0 Å². The van der Waals surface area contributed by atoms with Crippen LogP contribution in [0, 0.1) is 17.8 Å². The average molecular weight is 271 g/mol. The first-order valence-electron chi connectivity index (χ1n) is 8.51. The molecule has 1 aromatic carbocycles. The summed E-state index contributed by atoms with van der Waals surface area (Å²) < 4.78 is 0. The lowest BCUT2D eigenvalue weighted by Gasteiger charge is -2.44. The van der Waals surface area contributed by atoms with Crippen molar-refractivity contribution in [2.45, 2.75) is 58.4 Å². The summed E-state index contributed by atoms with van der Waals surface area (Å²) >= 11 is 0. The van der Waals surface area contributed by atoms with E-state index in [0.29, 0.717) is 6.04 Å². The van der Waals surface area contributed by atoms with E-state index in [0.717, 1.165) is 30.2 Å². The second kappa shape index (κ2) is 5.89. The predicted molar refractivity (Wildman–Crippen MR) is 86.0 cm³/mol. The number of hydrogen-bond donors (Lipinski definition) is 1. The summed E-state index contributed by atoms with van der Waals surface area (Å²) in [5.74, 6) is 3.45. The van der Waals surface area contributed by atoms with Gasteiger partial charge in [0, 0.05) is 12.0 Å². The van der Waals surface area contributed by atoms with Crippen LogP contribution in [-0.2, 0) is 6.42 Å². The molecule has 0 radical (unpaired) electrons. The zero-order chi connectivity index (χ0) is 14.1. The number of likely N-dealkylation sites (N-methyl/N-ethyl adjacent to an activating group) is 1. The summed E-state index contributed by atoms with van der Waals surface area (Å²) in [5, 5.41) is 3.83. The highest BCUT2D eigenvalue weighted by atomic mass is 14.9. The molecule has 1 nitrogen and oxygen atoms in total. The summed E-state index contributed by atoms with van der Waals surface area (Å²) in [7, 11) is 0. The molecule has 2 aliphatic rings. The van der Waals surface area contributed by atoms with Crippen LogP contribution in [0.25, 0.3) is 0 Å². The van der Waals surface area contributed by atoms with Crippen LogP contribution >= 0.6 is 0 Å². The molecule has 0 heterocycles. The second-order valence-electron chi connectivity index (χ2n) is 7.12. The van der Waals surface area contributed by atoms with Crippen LogP contribution in [0.3, 0.4) is 0 Å². The lowest BCUT2D eigenvalue weighted by Crippen LogP contribution is -2.47.